The zero-order valence-corrected chi connectivity index (χ0v) is 13.7. The van der Waals surface area contributed by atoms with Gasteiger partial charge in [-0.05, 0) is 64.9 Å². The Hall–Kier alpha value is -3.14. The molecule has 3 aromatic carbocycles. The summed E-state index contributed by atoms with van der Waals surface area (Å²) in [5.74, 6) is -0.482. The van der Waals surface area contributed by atoms with Gasteiger partial charge in [-0.2, -0.15) is 5.10 Å². The molecule has 124 valence electrons. The van der Waals surface area contributed by atoms with Gasteiger partial charge in [0, 0.05) is 0 Å². The summed E-state index contributed by atoms with van der Waals surface area (Å²) in [5, 5.41) is 15.9. The Kier molecular flexibility index (Phi) is 3.94. The van der Waals surface area contributed by atoms with E-state index < -0.39 is 5.91 Å². The second kappa shape index (κ2) is 6.40. The minimum absolute atomic E-state index is 0.0519. The maximum absolute atomic E-state index is 12.3. The monoisotopic (exact) mass is 330 g/mol. The van der Waals surface area contributed by atoms with E-state index in [2.05, 4.69) is 22.7 Å². The average Bonchev–Trinajstić information content (AvgIpc) is 3.09. The van der Waals surface area contributed by atoms with E-state index in [0.717, 1.165) is 29.2 Å². The predicted octanol–water partition coefficient (Wildman–Crippen LogP) is 3.80. The van der Waals surface area contributed by atoms with Gasteiger partial charge in [-0.15, -0.1) is 0 Å². The Morgan fingerprint density at radius 1 is 1.00 bits per heavy atom. The minimum atomic E-state index is -0.430. The smallest absolute Gasteiger partial charge is 0.275 e. The number of nitrogens with one attached hydrogen (secondary N) is 1. The lowest BCUT2D eigenvalue weighted by Gasteiger charge is -2.06. The van der Waals surface area contributed by atoms with E-state index >= 15 is 0 Å². The Balaban J connectivity index is 1.51. The van der Waals surface area contributed by atoms with Gasteiger partial charge in [0.05, 0.1) is 11.8 Å². The summed E-state index contributed by atoms with van der Waals surface area (Å²) >= 11 is 0. The molecule has 3 aromatic rings. The molecule has 0 bridgehead atoms. The maximum atomic E-state index is 12.3. The van der Waals surface area contributed by atoms with Crippen molar-refractivity contribution in [2.75, 3.05) is 0 Å². The Morgan fingerprint density at radius 3 is 2.60 bits per heavy atom. The van der Waals surface area contributed by atoms with Gasteiger partial charge in [0.15, 0.2) is 0 Å². The zero-order valence-electron chi connectivity index (χ0n) is 13.7. The molecule has 2 N–H and O–H groups in total. The van der Waals surface area contributed by atoms with Crippen LogP contribution in [0, 0.1) is 0 Å². The molecule has 4 heteroatoms. The molecule has 1 amide bonds. The van der Waals surface area contributed by atoms with Crippen molar-refractivity contribution in [2.24, 2.45) is 5.10 Å². The summed E-state index contributed by atoms with van der Waals surface area (Å²) < 4.78 is 0. The number of hydrogen-bond acceptors (Lipinski definition) is 3. The molecule has 0 saturated carbocycles. The third-order valence-corrected chi connectivity index (χ3v) is 4.61. The lowest BCUT2D eigenvalue weighted by molar-refractivity contribution is 0.0952. The van der Waals surface area contributed by atoms with E-state index in [4.69, 9.17) is 0 Å². The number of aromatic hydroxyl groups is 1. The highest BCUT2D eigenvalue weighted by Crippen LogP contribution is 2.25. The summed E-state index contributed by atoms with van der Waals surface area (Å²) in [7, 11) is 0. The third kappa shape index (κ3) is 3.11. The summed E-state index contributed by atoms with van der Waals surface area (Å²) in [6.07, 6.45) is 5.08. The molecule has 0 aromatic heterocycles. The van der Waals surface area contributed by atoms with E-state index in [-0.39, 0.29) is 11.3 Å². The minimum Gasteiger partial charge on any atom is -0.507 e. The molecule has 4 nitrogen and oxygen atoms in total. The fraction of sp³-hybridized carbons (Fsp3) is 0.143. The maximum Gasteiger partial charge on any atom is 0.275 e. The number of hydrazone groups is 1. The Labute approximate surface area is 145 Å². The standard InChI is InChI=1S/C21H18N2O2/c24-20-12-18-5-2-1-4-17(18)11-19(20)21(25)23-22-13-14-8-9-15-6-3-7-16(15)10-14/h1-2,4-5,8-13,24H,3,6-7H2,(H,23,25). The molecule has 0 heterocycles. The lowest BCUT2D eigenvalue weighted by atomic mass is 10.1. The highest BCUT2D eigenvalue weighted by atomic mass is 16.3. The van der Waals surface area contributed by atoms with Gasteiger partial charge in [0.25, 0.3) is 5.91 Å². The third-order valence-electron chi connectivity index (χ3n) is 4.61. The van der Waals surface area contributed by atoms with E-state index in [0.29, 0.717) is 0 Å². The van der Waals surface area contributed by atoms with E-state index in [9.17, 15) is 9.90 Å². The van der Waals surface area contributed by atoms with Crippen LogP contribution in [0.15, 0.2) is 59.7 Å². The number of aryl methyl sites for hydroxylation is 2. The topological polar surface area (TPSA) is 61.7 Å². The largest absolute Gasteiger partial charge is 0.507 e. The fourth-order valence-electron chi connectivity index (χ4n) is 3.31. The molecule has 1 aliphatic rings. The summed E-state index contributed by atoms with van der Waals surface area (Å²) in [4.78, 5) is 12.3. The van der Waals surface area contributed by atoms with Crippen molar-refractivity contribution in [3.05, 3.63) is 76.9 Å². The van der Waals surface area contributed by atoms with Gasteiger partial charge in [-0.25, -0.2) is 5.43 Å². The molecule has 0 radical (unpaired) electrons. The van der Waals surface area contributed by atoms with Crippen LogP contribution in [0.3, 0.4) is 0 Å². The fourth-order valence-corrected chi connectivity index (χ4v) is 3.31. The van der Waals surface area contributed by atoms with E-state index in [1.807, 2.05) is 30.3 Å². The van der Waals surface area contributed by atoms with Crippen molar-refractivity contribution < 1.29 is 9.90 Å². The molecule has 0 unspecified atom stereocenters. The number of benzene rings is 3. The summed E-state index contributed by atoms with van der Waals surface area (Å²) in [5.41, 5.74) is 6.43. The quantitative estimate of drug-likeness (QED) is 0.567. The molecule has 0 atom stereocenters. The number of phenols is 1. The number of carbonyl (C=O) groups excluding carboxylic acids is 1. The molecule has 4 rings (SSSR count). The second-order valence-corrected chi connectivity index (χ2v) is 6.30. The van der Waals surface area contributed by atoms with Crippen molar-refractivity contribution in [3.63, 3.8) is 0 Å². The van der Waals surface area contributed by atoms with Crippen LogP contribution in [0.25, 0.3) is 10.8 Å². The molecule has 0 aliphatic heterocycles. The van der Waals surface area contributed by atoms with Crippen molar-refractivity contribution in [1.29, 1.82) is 0 Å². The zero-order chi connectivity index (χ0) is 17.2. The molecule has 1 aliphatic carbocycles. The number of rotatable bonds is 3. The lowest BCUT2D eigenvalue weighted by Crippen LogP contribution is -2.17. The van der Waals surface area contributed by atoms with Crippen LogP contribution in [-0.2, 0) is 12.8 Å². The first-order valence-electron chi connectivity index (χ1n) is 8.38. The second-order valence-electron chi connectivity index (χ2n) is 6.30. The normalized spacial score (nSPS) is 13.3. The van der Waals surface area contributed by atoms with Crippen molar-refractivity contribution >= 4 is 22.9 Å². The highest BCUT2D eigenvalue weighted by Gasteiger charge is 2.12. The van der Waals surface area contributed by atoms with Crippen molar-refractivity contribution in [1.82, 2.24) is 5.43 Å². The first-order valence-corrected chi connectivity index (χ1v) is 8.38. The SMILES string of the molecule is O=C(NN=Cc1ccc2c(c1)CCC2)c1cc2ccccc2cc1O. The number of nitrogens with zero attached hydrogens (tertiary/aromatic N) is 1. The molecular weight excluding hydrogens is 312 g/mol. The van der Waals surface area contributed by atoms with Gasteiger partial charge >= 0.3 is 0 Å². The molecule has 0 spiro atoms. The molecular formula is C21H18N2O2. The van der Waals surface area contributed by atoms with Crippen LogP contribution in [-0.4, -0.2) is 17.2 Å². The van der Waals surface area contributed by atoms with Gasteiger partial charge < -0.3 is 5.11 Å². The number of phenolic OH excluding ortho intramolecular Hbond substituents is 1. The van der Waals surface area contributed by atoms with Crippen molar-refractivity contribution in [3.8, 4) is 5.75 Å². The van der Waals surface area contributed by atoms with Crippen molar-refractivity contribution in [2.45, 2.75) is 19.3 Å². The molecule has 0 fully saturated rings. The Bertz CT molecular complexity index is 992. The van der Waals surface area contributed by atoms with Gasteiger partial charge in [-0.1, -0.05) is 36.4 Å². The van der Waals surface area contributed by atoms with Crippen LogP contribution in [0.5, 0.6) is 5.75 Å². The number of carbonyl (C=O) groups is 1. The van der Waals surface area contributed by atoms with Gasteiger partial charge in [0.2, 0.25) is 0 Å². The van der Waals surface area contributed by atoms with Crippen LogP contribution in [0.1, 0.15) is 33.5 Å². The van der Waals surface area contributed by atoms with Crippen LogP contribution >= 0.6 is 0 Å². The van der Waals surface area contributed by atoms with Crippen LogP contribution in [0.4, 0.5) is 0 Å². The van der Waals surface area contributed by atoms with Gasteiger partial charge in [-0.3, -0.25) is 4.79 Å². The van der Waals surface area contributed by atoms with Crippen LogP contribution in [0.2, 0.25) is 0 Å². The first-order chi connectivity index (χ1) is 12.2. The highest BCUT2D eigenvalue weighted by molar-refractivity contribution is 6.01. The van der Waals surface area contributed by atoms with Gasteiger partial charge in [0.1, 0.15) is 5.75 Å². The summed E-state index contributed by atoms with van der Waals surface area (Å²) in [6.45, 7) is 0. The summed E-state index contributed by atoms with van der Waals surface area (Å²) in [6, 6.07) is 17.1. The molecule has 25 heavy (non-hydrogen) atoms. The van der Waals surface area contributed by atoms with Crippen LogP contribution < -0.4 is 5.43 Å². The Morgan fingerprint density at radius 2 is 1.76 bits per heavy atom. The predicted molar refractivity (Wildman–Crippen MR) is 99.1 cm³/mol. The molecule has 0 saturated heterocycles. The first kappa shape index (κ1) is 15.4. The van der Waals surface area contributed by atoms with E-state index in [1.54, 1.807) is 18.3 Å². The van der Waals surface area contributed by atoms with E-state index in [1.165, 1.54) is 17.5 Å². The number of hydrogen-bond donors (Lipinski definition) is 2. The number of amides is 1. The average molecular weight is 330 g/mol. The number of fused-ring (bicyclic) bond motifs is 2.